The first-order valence-corrected chi connectivity index (χ1v) is 9.52. The molecule has 4 aromatic rings. The number of anilines is 1. The molecule has 0 aliphatic heterocycles. The Balaban J connectivity index is 2.08. The second-order valence-corrected chi connectivity index (χ2v) is 7.44. The Bertz CT molecular complexity index is 1250. The quantitative estimate of drug-likeness (QED) is 0.293. The fourth-order valence-corrected chi connectivity index (χ4v) is 4.30. The minimum Gasteiger partial charge on any atom is -0.369 e. The predicted octanol–water partition coefficient (Wildman–Crippen LogP) is 4.74. The summed E-state index contributed by atoms with van der Waals surface area (Å²) in [4.78, 5) is 17.8. The molecule has 0 saturated carbocycles. The number of hydrogen-bond acceptors (Lipinski definition) is 5. The van der Waals surface area contributed by atoms with Gasteiger partial charge in [0, 0.05) is 22.0 Å². The van der Waals surface area contributed by atoms with E-state index >= 15 is 0 Å². The molecule has 0 fully saturated rings. The van der Waals surface area contributed by atoms with E-state index in [2.05, 4.69) is 10.3 Å². The zero-order valence-electron chi connectivity index (χ0n) is 14.6. The molecular weight excluding hydrogens is 387 g/mol. The molecule has 0 unspecified atom stereocenters. The van der Waals surface area contributed by atoms with E-state index in [1.807, 2.05) is 6.07 Å². The van der Waals surface area contributed by atoms with Crippen molar-refractivity contribution < 1.29 is 13.2 Å². The fourth-order valence-electron chi connectivity index (χ4n) is 3.17. The zero-order chi connectivity index (χ0) is 19.9. The Morgan fingerprint density at radius 3 is 2.64 bits per heavy atom. The third kappa shape index (κ3) is 3.18. The van der Waals surface area contributed by atoms with Gasteiger partial charge in [-0.3, -0.25) is 4.79 Å². The van der Waals surface area contributed by atoms with Crippen LogP contribution in [0.1, 0.15) is 12.0 Å². The van der Waals surface area contributed by atoms with Crippen LogP contribution in [-0.4, -0.2) is 18.1 Å². The Labute approximate surface area is 161 Å². The molecule has 0 aliphatic carbocycles. The maximum Gasteiger partial charge on any atom is 0.416 e. The molecular formula is C20H16F3N3OS. The zero-order valence-corrected chi connectivity index (χ0v) is 15.5. The molecule has 0 atom stereocenters. The molecule has 2 aromatic carbocycles. The standard InChI is InChI=1S/C20H16F3N3OS/c21-20(22,23)11-6-7-15-13(10-11)17(27)16-12-4-1-2-5-14(12)26-19(18(16)28-15)25-9-3-8-24/h1-2,4-7,10H,3,8-9,24H2,(H,25,26). The van der Waals surface area contributed by atoms with Crippen LogP contribution in [0.5, 0.6) is 0 Å². The Morgan fingerprint density at radius 1 is 1.11 bits per heavy atom. The maximum atomic E-state index is 13.2. The largest absolute Gasteiger partial charge is 0.416 e. The summed E-state index contributed by atoms with van der Waals surface area (Å²) in [6.45, 7) is 1.10. The molecule has 0 saturated heterocycles. The van der Waals surface area contributed by atoms with Gasteiger partial charge in [0.1, 0.15) is 5.82 Å². The number of rotatable bonds is 4. The summed E-state index contributed by atoms with van der Waals surface area (Å²) in [6, 6.07) is 10.4. The summed E-state index contributed by atoms with van der Waals surface area (Å²) in [6.07, 6.45) is -3.77. The first-order chi connectivity index (χ1) is 13.4. The molecule has 0 bridgehead atoms. The highest BCUT2D eigenvalue weighted by Gasteiger charge is 2.31. The van der Waals surface area contributed by atoms with Crippen LogP contribution in [0.3, 0.4) is 0 Å². The van der Waals surface area contributed by atoms with Crippen molar-refractivity contribution >= 4 is 48.2 Å². The smallest absolute Gasteiger partial charge is 0.369 e. The van der Waals surface area contributed by atoms with Crippen molar-refractivity contribution in [2.75, 3.05) is 18.4 Å². The highest BCUT2D eigenvalue weighted by molar-refractivity contribution is 7.25. The average Bonchev–Trinajstić information content (AvgIpc) is 2.67. The number of aromatic nitrogens is 1. The van der Waals surface area contributed by atoms with Crippen molar-refractivity contribution in [2.45, 2.75) is 12.6 Å². The van der Waals surface area contributed by atoms with Crippen LogP contribution in [0.2, 0.25) is 0 Å². The number of pyridine rings is 1. The molecule has 4 nitrogen and oxygen atoms in total. The van der Waals surface area contributed by atoms with Crippen LogP contribution in [-0.2, 0) is 6.18 Å². The summed E-state index contributed by atoms with van der Waals surface area (Å²) in [5.74, 6) is 0.547. The predicted molar refractivity (Wildman–Crippen MR) is 108 cm³/mol. The van der Waals surface area contributed by atoms with Gasteiger partial charge >= 0.3 is 6.18 Å². The number of benzene rings is 2. The normalized spacial score (nSPS) is 12.1. The third-order valence-electron chi connectivity index (χ3n) is 4.51. The van der Waals surface area contributed by atoms with Crippen LogP contribution in [0.15, 0.2) is 47.3 Å². The van der Waals surface area contributed by atoms with E-state index < -0.39 is 17.2 Å². The van der Waals surface area contributed by atoms with Gasteiger partial charge in [-0.1, -0.05) is 18.2 Å². The number of hydrogen-bond donors (Lipinski definition) is 2. The van der Waals surface area contributed by atoms with Crippen molar-refractivity contribution in [3.63, 3.8) is 0 Å². The molecule has 0 amide bonds. The van der Waals surface area contributed by atoms with E-state index in [0.717, 1.165) is 18.6 Å². The number of alkyl halides is 3. The number of nitrogens with zero attached hydrogens (tertiary/aromatic N) is 1. The molecule has 4 rings (SSSR count). The second kappa shape index (κ2) is 7.03. The first-order valence-electron chi connectivity index (χ1n) is 8.70. The van der Waals surface area contributed by atoms with Crippen molar-refractivity contribution in [1.29, 1.82) is 0 Å². The van der Waals surface area contributed by atoms with Crippen molar-refractivity contribution in [1.82, 2.24) is 4.98 Å². The molecule has 3 N–H and O–H groups in total. The number of nitrogens with two attached hydrogens (primary N) is 1. The van der Waals surface area contributed by atoms with Gasteiger partial charge in [-0.25, -0.2) is 4.98 Å². The molecule has 2 heterocycles. The monoisotopic (exact) mass is 403 g/mol. The number of fused-ring (bicyclic) bond motifs is 4. The Morgan fingerprint density at radius 2 is 1.89 bits per heavy atom. The third-order valence-corrected chi connectivity index (χ3v) is 5.69. The molecule has 8 heteroatoms. The Kier molecular flexibility index (Phi) is 4.68. The summed E-state index contributed by atoms with van der Waals surface area (Å²) >= 11 is 1.26. The van der Waals surface area contributed by atoms with Gasteiger partial charge in [-0.2, -0.15) is 13.2 Å². The van der Waals surface area contributed by atoms with E-state index in [-0.39, 0.29) is 5.39 Å². The highest BCUT2D eigenvalue weighted by Crippen LogP contribution is 2.36. The number of nitrogens with one attached hydrogen (secondary N) is 1. The first kappa shape index (κ1) is 18.6. The van der Waals surface area contributed by atoms with Crippen LogP contribution in [0, 0.1) is 0 Å². The van der Waals surface area contributed by atoms with Gasteiger partial charge in [0.2, 0.25) is 0 Å². The maximum absolute atomic E-state index is 13.2. The van der Waals surface area contributed by atoms with Crippen molar-refractivity contribution in [3.05, 3.63) is 58.3 Å². The SMILES string of the molecule is NCCCNc1nc2ccccc2c2c(=O)c3cc(C(F)(F)F)ccc3sc12. The minimum absolute atomic E-state index is 0.0663. The minimum atomic E-state index is -4.50. The highest BCUT2D eigenvalue weighted by atomic mass is 32.1. The summed E-state index contributed by atoms with van der Waals surface area (Å²) < 4.78 is 40.5. The summed E-state index contributed by atoms with van der Waals surface area (Å²) in [7, 11) is 0. The van der Waals surface area contributed by atoms with Gasteiger partial charge in [-0.05, 0) is 37.2 Å². The molecule has 0 aliphatic rings. The lowest BCUT2D eigenvalue weighted by Gasteiger charge is -2.12. The van der Waals surface area contributed by atoms with E-state index in [0.29, 0.717) is 44.6 Å². The topological polar surface area (TPSA) is 68.0 Å². The molecule has 144 valence electrons. The number of halogens is 3. The summed E-state index contributed by atoms with van der Waals surface area (Å²) in [5, 5.41) is 4.29. The van der Waals surface area contributed by atoms with Crippen molar-refractivity contribution in [3.8, 4) is 0 Å². The molecule has 2 aromatic heterocycles. The van der Waals surface area contributed by atoms with Gasteiger partial charge in [0.05, 0.1) is 21.2 Å². The summed E-state index contributed by atoms with van der Waals surface area (Å²) in [5.41, 5.74) is 4.90. The lowest BCUT2D eigenvalue weighted by molar-refractivity contribution is -0.137. The molecule has 0 spiro atoms. The van der Waals surface area contributed by atoms with Crippen LogP contribution >= 0.6 is 11.3 Å². The number of para-hydroxylation sites is 1. The second-order valence-electron chi connectivity index (χ2n) is 6.39. The van der Waals surface area contributed by atoms with Crippen LogP contribution < -0.4 is 16.5 Å². The van der Waals surface area contributed by atoms with Crippen LogP contribution in [0.25, 0.3) is 31.1 Å². The van der Waals surface area contributed by atoms with E-state index in [1.54, 1.807) is 18.2 Å². The fraction of sp³-hybridized carbons (Fsp3) is 0.200. The molecule has 28 heavy (non-hydrogen) atoms. The van der Waals surface area contributed by atoms with E-state index in [9.17, 15) is 18.0 Å². The molecule has 0 radical (unpaired) electrons. The lowest BCUT2D eigenvalue weighted by Crippen LogP contribution is -2.11. The lowest BCUT2D eigenvalue weighted by atomic mass is 10.1. The Hall–Kier alpha value is -2.71. The average molecular weight is 403 g/mol. The van der Waals surface area contributed by atoms with Gasteiger partial charge in [0.25, 0.3) is 0 Å². The van der Waals surface area contributed by atoms with Gasteiger partial charge < -0.3 is 11.1 Å². The van der Waals surface area contributed by atoms with Crippen LogP contribution in [0.4, 0.5) is 19.0 Å². The van der Waals surface area contributed by atoms with Gasteiger partial charge in [-0.15, -0.1) is 11.3 Å². The van der Waals surface area contributed by atoms with E-state index in [1.165, 1.54) is 17.4 Å². The van der Waals surface area contributed by atoms with E-state index in [4.69, 9.17) is 5.73 Å². The van der Waals surface area contributed by atoms with Gasteiger partial charge in [0.15, 0.2) is 5.43 Å². The van der Waals surface area contributed by atoms with Crippen molar-refractivity contribution in [2.24, 2.45) is 5.73 Å².